The maximum Gasteiger partial charge on any atom is 0.416 e. The highest BCUT2D eigenvalue weighted by Gasteiger charge is 2.30. The number of hydrogen-bond donors (Lipinski definition) is 2. The summed E-state index contributed by atoms with van der Waals surface area (Å²) in [6.45, 7) is 2.29. The molecule has 0 unspecified atom stereocenters. The lowest BCUT2D eigenvalue weighted by Gasteiger charge is -2.10. The van der Waals surface area contributed by atoms with Gasteiger partial charge in [0.15, 0.2) is 0 Å². The number of allylic oxidation sites excluding steroid dienone is 1. The van der Waals surface area contributed by atoms with Gasteiger partial charge in [-0.2, -0.15) is 13.2 Å². The monoisotopic (exact) mass is 272 g/mol. The first-order valence-corrected chi connectivity index (χ1v) is 5.76. The first kappa shape index (κ1) is 15.1. The normalized spacial score (nSPS) is 11.6. The summed E-state index contributed by atoms with van der Waals surface area (Å²) in [5, 5.41) is 4.90. The van der Waals surface area contributed by atoms with E-state index < -0.39 is 17.8 Å². The molecule has 0 atom stereocenters. The van der Waals surface area contributed by atoms with Crippen molar-refractivity contribution in [2.75, 3.05) is 11.9 Å². The molecule has 0 aliphatic carbocycles. The van der Waals surface area contributed by atoms with Gasteiger partial charge in [-0.25, -0.2) is 4.79 Å². The van der Waals surface area contributed by atoms with Gasteiger partial charge in [-0.05, 0) is 31.5 Å². The maximum absolute atomic E-state index is 12.5. The molecule has 19 heavy (non-hydrogen) atoms. The quantitative estimate of drug-likeness (QED) is 0.635. The van der Waals surface area contributed by atoms with Crippen LogP contribution in [0.25, 0.3) is 0 Å². The number of nitrogens with one attached hydrogen (secondary N) is 2. The number of hydrogen-bond acceptors (Lipinski definition) is 1. The number of benzene rings is 1. The number of carbonyl (C=O) groups is 1. The minimum atomic E-state index is -4.42. The van der Waals surface area contributed by atoms with Crippen molar-refractivity contribution in [2.24, 2.45) is 0 Å². The molecule has 0 saturated heterocycles. The van der Waals surface area contributed by atoms with E-state index in [0.717, 1.165) is 12.1 Å². The highest BCUT2D eigenvalue weighted by atomic mass is 19.4. The Labute approximate surface area is 109 Å². The van der Waals surface area contributed by atoms with Crippen LogP contribution in [0.1, 0.15) is 18.9 Å². The fourth-order valence-corrected chi connectivity index (χ4v) is 1.38. The minimum absolute atomic E-state index is 0.110. The molecule has 0 bridgehead atoms. The van der Waals surface area contributed by atoms with Crippen molar-refractivity contribution < 1.29 is 18.0 Å². The SMILES string of the molecule is C/C=C/CCNC(=O)Nc1cccc(C(F)(F)F)c1. The molecule has 2 amide bonds. The number of amides is 2. The van der Waals surface area contributed by atoms with Crippen LogP contribution in [0, 0.1) is 0 Å². The van der Waals surface area contributed by atoms with E-state index in [1.165, 1.54) is 12.1 Å². The van der Waals surface area contributed by atoms with Gasteiger partial charge >= 0.3 is 12.2 Å². The molecule has 6 heteroatoms. The minimum Gasteiger partial charge on any atom is -0.338 e. The second-order valence-corrected chi connectivity index (χ2v) is 3.82. The predicted octanol–water partition coefficient (Wildman–Crippen LogP) is 3.79. The van der Waals surface area contributed by atoms with Gasteiger partial charge in [-0.3, -0.25) is 0 Å². The van der Waals surface area contributed by atoms with Gasteiger partial charge in [0, 0.05) is 12.2 Å². The van der Waals surface area contributed by atoms with E-state index in [0.29, 0.717) is 13.0 Å². The number of anilines is 1. The van der Waals surface area contributed by atoms with Crippen LogP contribution < -0.4 is 10.6 Å². The van der Waals surface area contributed by atoms with Crippen LogP contribution in [0.3, 0.4) is 0 Å². The highest BCUT2D eigenvalue weighted by molar-refractivity contribution is 5.89. The zero-order valence-corrected chi connectivity index (χ0v) is 10.4. The Bertz CT molecular complexity index is 455. The summed E-state index contributed by atoms with van der Waals surface area (Å²) in [5.41, 5.74) is -0.683. The third kappa shape index (κ3) is 5.46. The number of halogens is 3. The van der Waals surface area contributed by atoms with Crippen LogP contribution in [0.4, 0.5) is 23.7 Å². The summed E-state index contributed by atoms with van der Waals surface area (Å²) in [5.74, 6) is 0. The first-order valence-electron chi connectivity index (χ1n) is 5.76. The van der Waals surface area contributed by atoms with Gasteiger partial charge in [0.2, 0.25) is 0 Å². The molecule has 0 spiro atoms. The summed E-state index contributed by atoms with van der Waals surface area (Å²) in [6.07, 6.45) is -0.0104. The highest BCUT2D eigenvalue weighted by Crippen LogP contribution is 2.30. The number of urea groups is 1. The third-order valence-electron chi connectivity index (χ3n) is 2.28. The van der Waals surface area contributed by atoms with E-state index in [1.807, 2.05) is 19.1 Å². The summed E-state index contributed by atoms with van der Waals surface area (Å²) in [6, 6.07) is 3.98. The fourth-order valence-electron chi connectivity index (χ4n) is 1.38. The number of alkyl halides is 3. The van der Waals surface area contributed by atoms with Crippen LogP contribution in [-0.4, -0.2) is 12.6 Å². The van der Waals surface area contributed by atoms with E-state index in [1.54, 1.807) is 0 Å². The molecule has 0 aromatic heterocycles. The molecule has 0 aliphatic heterocycles. The van der Waals surface area contributed by atoms with Crippen LogP contribution in [0.5, 0.6) is 0 Å². The lowest BCUT2D eigenvalue weighted by Crippen LogP contribution is -2.29. The number of carbonyl (C=O) groups excluding carboxylic acids is 1. The van der Waals surface area contributed by atoms with Crippen molar-refractivity contribution >= 4 is 11.7 Å². The van der Waals surface area contributed by atoms with E-state index in [9.17, 15) is 18.0 Å². The van der Waals surface area contributed by atoms with Gasteiger partial charge in [-0.1, -0.05) is 18.2 Å². The van der Waals surface area contributed by atoms with Crippen molar-refractivity contribution in [3.63, 3.8) is 0 Å². The van der Waals surface area contributed by atoms with Crippen LogP contribution in [-0.2, 0) is 6.18 Å². The lowest BCUT2D eigenvalue weighted by molar-refractivity contribution is -0.137. The molecule has 1 aromatic carbocycles. The molecule has 2 N–H and O–H groups in total. The second kappa shape index (κ2) is 6.82. The van der Waals surface area contributed by atoms with Crippen LogP contribution >= 0.6 is 0 Å². The van der Waals surface area contributed by atoms with Crippen molar-refractivity contribution in [1.82, 2.24) is 5.32 Å². The lowest BCUT2D eigenvalue weighted by atomic mass is 10.2. The average Bonchev–Trinajstić information content (AvgIpc) is 2.34. The van der Waals surface area contributed by atoms with Gasteiger partial charge in [-0.15, -0.1) is 0 Å². The summed E-state index contributed by atoms with van der Waals surface area (Å²) in [7, 11) is 0. The Morgan fingerprint density at radius 3 is 2.74 bits per heavy atom. The summed E-state index contributed by atoms with van der Waals surface area (Å²) < 4.78 is 37.4. The molecular formula is C13H15F3N2O. The maximum atomic E-state index is 12.5. The molecular weight excluding hydrogens is 257 g/mol. The van der Waals surface area contributed by atoms with E-state index >= 15 is 0 Å². The first-order chi connectivity index (χ1) is 8.93. The van der Waals surface area contributed by atoms with E-state index in [2.05, 4.69) is 10.6 Å². The average molecular weight is 272 g/mol. The molecule has 0 aliphatic rings. The Hall–Kier alpha value is -1.98. The summed E-state index contributed by atoms with van der Waals surface area (Å²) in [4.78, 5) is 11.4. The Morgan fingerprint density at radius 1 is 1.37 bits per heavy atom. The van der Waals surface area contributed by atoms with Gasteiger partial charge in [0.25, 0.3) is 0 Å². The van der Waals surface area contributed by atoms with Crippen LogP contribution in [0.15, 0.2) is 36.4 Å². The molecule has 0 saturated carbocycles. The van der Waals surface area contributed by atoms with Crippen molar-refractivity contribution in [3.8, 4) is 0 Å². The van der Waals surface area contributed by atoms with Gasteiger partial charge in [0.1, 0.15) is 0 Å². The Balaban J connectivity index is 2.55. The van der Waals surface area contributed by atoms with Crippen molar-refractivity contribution in [2.45, 2.75) is 19.5 Å². The van der Waals surface area contributed by atoms with E-state index in [-0.39, 0.29) is 5.69 Å². The van der Waals surface area contributed by atoms with Crippen molar-refractivity contribution in [3.05, 3.63) is 42.0 Å². The Morgan fingerprint density at radius 2 is 2.11 bits per heavy atom. The molecule has 0 radical (unpaired) electrons. The van der Waals surface area contributed by atoms with Crippen LogP contribution in [0.2, 0.25) is 0 Å². The van der Waals surface area contributed by atoms with Gasteiger partial charge in [0.05, 0.1) is 5.56 Å². The predicted molar refractivity (Wildman–Crippen MR) is 67.9 cm³/mol. The van der Waals surface area contributed by atoms with Crippen molar-refractivity contribution in [1.29, 1.82) is 0 Å². The smallest absolute Gasteiger partial charge is 0.338 e. The summed E-state index contributed by atoms with van der Waals surface area (Å²) >= 11 is 0. The standard InChI is InChI=1S/C13H15F3N2O/c1-2-3-4-8-17-12(19)18-11-7-5-6-10(9-11)13(14,15)16/h2-3,5-7,9H,4,8H2,1H3,(H2,17,18,19)/b3-2+. The van der Waals surface area contributed by atoms with E-state index in [4.69, 9.17) is 0 Å². The molecule has 0 heterocycles. The Kier molecular flexibility index (Phi) is 5.41. The third-order valence-corrected chi connectivity index (χ3v) is 2.28. The molecule has 3 nitrogen and oxygen atoms in total. The topological polar surface area (TPSA) is 41.1 Å². The van der Waals surface area contributed by atoms with Gasteiger partial charge < -0.3 is 10.6 Å². The zero-order valence-electron chi connectivity index (χ0n) is 10.4. The second-order valence-electron chi connectivity index (χ2n) is 3.82. The molecule has 104 valence electrons. The largest absolute Gasteiger partial charge is 0.416 e. The molecule has 0 fully saturated rings. The fraction of sp³-hybridized carbons (Fsp3) is 0.308. The zero-order chi connectivity index (χ0) is 14.3. The number of rotatable bonds is 4. The molecule has 1 rings (SSSR count). The molecule has 1 aromatic rings.